The van der Waals surface area contributed by atoms with Crippen LogP contribution < -0.4 is 4.90 Å². The fourth-order valence-corrected chi connectivity index (χ4v) is 5.60. The summed E-state index contributed by atoms with van der Waals surface area (Å²) in [5, 5.41) is 19.2. The summed E-state index contributed by atoms with van der Waals surface area (Å²) < 4.78 is 84.3. The van der Waals surface area contributed by atoms with E-state index in [1.807, 2.05) is 20.0 Å². The number of nitrogens with zero attached hydrogens (tertiary/aromatic N) is 9. The second-order valence-electron chi connectivity index (χ2n) is 12.4. The van der Waals surface area contributed by atoms with Crippen molar-refractivity contribution in [1.29, 1.82) is 0 Å². The van der Waals surface area contributed by atoms with Gasteiger partial charge in [0.25, 0.3) is 0 Å². The molecule has 0 spiro atoms. The molecule has 1 atom stereocenters. The van der Waals surface area contributed by atoms with E-state index >= 15 is 0 Å². The third-order valence-electron chi connectivity index (χ3n) is 7.80. The number of alkyl halides is 6. The molecule has 2 aromatic heterocycles. The number of benzene rings is 1. The van der Waals surface area contributed by atoms with E-state index in [0.29, 0.717) is 29.1 Å². The number of halogens is 6. The quantitative estimate of drug-likeness (QED) is 0.232. The Bertz CT molecular complexity index is 1570. The topological polar surface area (TPSA) is 77.5 Å². The molecule has 9 nitrogen and oxygen atoms in total. The van der Waals surface area contributed by atoms with Crippen LogP contribution in [-0.2, 0) is 32.5 Å². The average molecular weight is 638 g/mol. The number of pyridine rings is 1. The van der Waals surface area contributed by atoms with Crippen LogP contribution >= 0.6 is 0 Å². The summed E-state index contributed by atoms with van der Waals surface area (Å²) >= 11 is 0. The summed E-state index contributed by atoms with van der Waals surface area (Å²) in [6, 6.07) is 3.02. The van der Waals surface area contributed by atoms with Gasteiger partial charge in [-0.2, -0.15) is 41.7 Å². The molecule has 45 heavy (non-hydrogen) atoms. The lowest BCUT2D eigenvalue weighted by Gasteiger charge is -2.33. The van der Waals surface area contributed by atoms with Crippen molar-refractivity contribution in [1.82, 2.24) is 24.8 Å². The minimum atomic E-state index is -4.97. The van der Waals surface area contributed by atoms with Gasteiger partial charge in [-0.05, 0) is 68.4 Å². The van der Waals surface area contributed by atoms with Gasteiger partial charge in [-0.1, -0.05) is 19.1 Å². The first-order valence-electron chi connectivity index (χ1n) is 14.8. The molecular formula is C30H37F6N9. The zero-order valence-electron chi connectivity index (χ0n) is 26.1. The fraction of sp³-hybridized carbons (Fsp3) is 0.567. The van der Waals surface area contributed by atoms with Gasteiger partial charge in [0.15, 0.2) is 11.5 Å². The Hall–Kier alpha value is -3.91. The molecule has 0 unspecified atom stereocenters. The maximum atomic E-state index is 13.8. The summed E-state index contributed by atoms with van der Waals surface area (Å²) in [5.41, 5.74) is -0.714. The van der Waals surface area contributed by atoms with Gasteiger partial charge in [-0.15, -0.1) is 5.10 Å². The molecule has 0 saturated heterocycles. The van der Waals surface area contributed by atoms with Crippen molar-refractivity contribution < 1.29 is 26.3 Å². The smallest absolute Gasteiger partial charge is 0.356 e. The number of amidine groups is 1. The maximum absolute atomic E-state index is 13.8. The third kappa shape index (κ3) is 7.50. The van der Waals surface area contributed by atoms with Crippen molar-refractivity contribution >= 4 is 22.7 Å². The van der Waals surface area contributed by atoms with Crippen molar-refractivity contribution in [3.63, 3.8) is 0 Å². The van der Waals surface area contributed by atoms with E-state index in [4.69, 9.17) is 4.98 Å². The van der Waals surface area contributed by atoms with Gasteiger partial charge in [0.1, 0.15) is 11.9 Å². The molecule has 1 fully saturated rings. The Labute approximate surface area is 257 Å². The number of rotatable bonds is 9. The van der Waals surface area contributed by atoms with Crippen LogP contribution in [0.3, 0.4) is 0 Å². The number of hydrogen-bond acceptors (Lipinski definition) is 8. The van der Waals surface area contributed by atoms with Gasteiger partial charge in [-0.25, -0.2) is 4.98 Å². The number of anilines is 1. The van der Waals surface area contributed by atoms with Crippen LogP contribution in [0.5, 0.6) is 0 Å². The second kappa shape index (κ2) is 12.1. The summed E-state index contributed by atoms with van der Waals surface area (Å²) in [7, 11) is 3.37. The van der Waals surface area contributed by atoms with Crippen molar-refractivity contribution in [2.24, 2.45) is 34.3 Å². The molecule has 0 N–H and O–H groups in total. The monoisotopic (exact) mass is 637 g/mol. The van der Waals surface area contributed by atoms with Crippen molar-refractivity contribution in [2.75, 3.05) is 25.0 Å². The van der Waals surface area contributed by atoms with Crippen LogP contribution in [0.25, 0.3) is 11.0 Å². The van der Waals surface area contributed by atoms with Gasteiger partial charge in [0.2, 0.25) is 0 Å². The number of hydrazone groups is 1. The highest BCUT2D eigenvalue weighted by Gasteiger charge is 2.37. The Balaban J connectivity index is 1.65. The fourth-order valence-electron chi connectivity index (χ4n) is 5.60. The van der Waals surface area contributed by atoms with E-state index in [1.165, 1.54) is 5.12 Å². The first kappa shape index (κ1) is 32.5. The molecule has 3 aromatic rings. The summed E-state index contributed by atoms with van der Waals surface area (Å²) in [6.45, 7) is 9.12. The van der Waals surface area contributed by atoms with Crippen LogP contribution in [0.1, 0.15) is 61.6 Å². The van der Waals surface area contributed by atoms with E-state index in [9.17, 15) is 26.3 Å². The lowest BCUT2D eigenvalue weighted by molar-refractivity contribution is -0.143. The Morgan fingerprint density at radius 1 is 0.933 bits per heavy atom. The average Bonchev–Trinajstić information content (AvgIpc) is 3.71. The molecule has 0 bridgehead atoms. The Morgan fingerprint density at radius 3 is 2.16 bits per heavy atom. The first-order chi connectivity index (χ1) is 21.0. The maximum Gasteiger partial charge on any atom is 0.416 e. The lowest BCUT2D eigenvalue weighted by Crippen LogP contribution is -2.40. The van der Waals surface area contributed by atoms with E-state index in [-0.39, 0.29) is 24.7 Å². The zero-order chi connectivity index (χ0) is 32.8. The van der Waals surface area contributed by atoms with Gasteiger partial charge in [-0.3, -0.25) is 4.68 Å². The number of fused-ring (bicyclic) bond motifs is 1. The van der Waals surface area contributed by atoms with E-state index in [0.717, 1.165) is 54.7 Å². The highest BCUT2D eigenvalue weighted by atomic mass is 19.4. The molecule has 0 radical (unpaired) electrons. The highest BCUT2D eigenvalue weighted by Crippen LogP contribution is 2.38. The van der Waals surface area contributed by atoms with Crippen LogP contribution in [-0.4, -0.2) is 56.8 Å². The molecule has 1 aromatic carbocycles. The third-order valence-corrected chi connectivity index (χ3v) is 7.80. The predicted octanol–water partition coefficient (Wildman–Crippen LogP) is 7.20. The molecule has 0 amide bonds. The molecule has 15 heteroatoms. The summed E-state index contributed by atoms with van der Waals surface area (Å²) in [5.74, 6) is 1.89. The second-order valence-corrected chi connectivity index (χ2v) is 12.4. The minimum Gasteiger partial charge on any atom is -0.356 e. The lowest BCUT2D eigenvalue weighted by atomic mass is 10.0. The molecule has 5 rings (SSSR count). The zero-order valence-corrected chi connectivity index (χ0v) is 26.1. The van der Waals surface area contributed by atoms with Crippen molar-refractivity contribution in [3.8, 4) is 0 Å². The molecule has 1 saturated carbocycles. The normalized spacial score (nSPS) is 17.4. The molecule has 3 heterocycles. The number of hydrogen-bond donors (Lipinski definition) is 0. The molecule has 2 aliphatic rings. The van der Waals surface area contributed by atoms with Gasteiger partial charge >= 0.3 is 12.4 Å². The minimum absolute atomic E-state index is 0.0933. The molecule has 1 aliphatic carbocycles. The largest absolute Gasteiger partial charge is 0.416 e. The van der Waals surface area contributed by atoms with Gasteiger partial charge in [0, 0.05) is 44.2 Å². The van der Waals surface area contributed by atoms with E-state index in [2.05, 4.69) is 39.3 Å². The van der Waals surface area contributed by atoms with E-state index in [1.54, 1.807) is 23.6 Å². The Morgan fingerprint density at radius 2 is 1.58 bits per heavy atom. The van der Waals surface area contributed by atoms with Gasteiger partial charge < -0.3 is 9.80 Å². The summed E-state index contributed by atoms with van der Waals surface area (Å²) in [4.78, 5) is 8.97. The number of aromatic nitrogens is 3. The van der Waals surface area contributed by atoms with Gasteiger partial charge in [0.05, 0.1) is 23.9 Å². The van der Waals surface area contributed by atoms with E-state index < -0.39 is 29.5 Å². The van der Waals surface area contributed by atoms with Crippen molar-refractivity contribution in [3.05, 3.63) is 52.2 Å². The van der Waals surface area contributed by atoms with Crippen LogP contribution in [0.4, 0.5) is 32.2 Å². The Kier molecular flexibility index (Phi) is 8.75. The van der Waals surface area contributed by atoms with Crippen molar-refractivity contribution in [2.45, 2.75) is 72.0 Å². The van der Waals surface area contributed by atoms with Crippen LogP contribution in [0.15, 0.2) is 39.7 Å². The van der Waals surface area contributed by atoms with Crippen LogP contribution in [0.2, 0.25) is 0 Å². The molecule has 1 aliphatic heterocycles. The first-order valence-corrected chi connectivity index (χ1v) is 14.8. The highest BCUT2D eigenvalue weighted by molar-refractivity contribution is 5.88. The SMILES string of the molecule is Cc1nn(C)c2nc(N(CC(C)C)CC3CC3)c(CN(Cc3cc(C(F)(F)F)cc(C(F)(F)F)c3)C3=NN(C)N=N[C@@H]3C)cc12. The van der Waals surface area contributed by atoms with Crippen LogP contribution in [0, 0.1) is 18.8 Å². The molecular weight excluding hydrogens is 600 g/mol. The standard InChI is InChI=1S/C30H37F6N9/c1-17(2)13-44(14-20-7-8-20)27-22(11-25-18(3)39-42(5)28(25)37-27)16-45(26-19(4)38-41-43(6)40-26)15-21-9-23(29(31,32)33)12-24(10-21)30(34,35)36/h9-12,17,19-20H,7-8,13-16H2,1-6H3/t19-/m1/s1. The number of aryl methyl sites for hydroxylation is 2. The molecule has 244 valence electrons. The summed E-state index contributed by atoms with van der Waals surface area (Å²) in [6.07, 6.45) is -7.70. The predicted molar refractivity (Wildman–Crippen MR) is 158 cm³/mol.